The molecule has 5 heteroatoms. The second kappa shape index (κ2) is 5.15. The number of hydrogen-bond acceptors (Lipinski definition) is 4. The number of oxazole rings is 1. The first-order valence-corrected chi connectivity index (χ1v) is 7.72. The third-order valence-electron chi connectivity index (χ3n) is 4.31. The molecule has 2 aromatic rings. The maximum atomic E-state index is 12.2. The third kappa shape index (κ3) is 2.65. The fourth-order valence-corrected chi connectivity index (χ4v) is 2.85. The first kappa shape index (κ1) is 12.8. The van der Waals surface area contributed by atoms with Crippen LogP contribution in [-0.4, -0.2) is 24.0 Å². The first-order valence-electron chi connectivity index (χ1n) is 7.72. The Kier molecular flexibility index (Phi) is 3.15. The molecular weight excluding hydrogens is 266 g/mol. The van der Waals surface area contributed by atoms with Gasteiger partial charge in [0.2, 0.25) is 5.91 Å². The largest absolute Gasteiger partial charge is 0.440 e. The topological polar surface area (TPSA) is 67.2 Å². The van der Waals surface area contributed by atoms with Crippen molar-refractivity contribution in [3.8, 4) is 0 Å². The molecule has 2 fully saturated rings. The van der Waals surface area contributed by atoms with E-state index in [4.69, 9.17) is 4.42 Å². The number of hydrogen-bond donors (Lipinski definition) is 2. The van der Waals surface area contributed by atoms with Crippen molar-refractivity contribution >= 4 is 22.7 Å². The summed E-state index contributed by atoms with van der Waals surface area (Å²) in [5.41, 5.74) is 2.43. The summed E-state index contributed by atoms with van der Waals surface area (Å²) >= 11 is 0. The van der Waals surface area contributed by atoms with Crippen molar-refractivity contribution in [2.45, 2.75) is 31.6 Å². The van der Waals surface area contributed by atoms with Gasteiger partial charge in [0, 0.05) is 23.6 Å². The zero-order valence-corrected chi connectivity index (χ0v) is 11.9. The fourth-order valence-electron chi connectivity index (χ4n) is 2.85. The number of carbonyl (C=O) groups excluding carboxylic acids is 1. The highest BCUT2D eigenvalue weighted by Gasteiger charge is 2.29. The summed E-state index contributed by atoms with van der Waals surface area (Å²) in [6.07, 6.45) is 4.16. The Bertz CT molecular complexity index is 669. The molecular formula is C16H19N3O2. The van der Waals surface area contributed by atoms with Crippen molar-refractivity contribution in [1.29, 1.82) is 0 Å². The lowest BCUT2D eigenvalue weighted by molar-refractivity contribution is -0.120. The van der Waals surface area contributed by atoms with Gasteiger partial charge in [-0.2, -0.15) is 0 Å². The molecule has 110 valence electrons. The summed E-state index contributed by atoms with van der Waals surface area (Å²) in [4.78, 5) is 16.7. The van der Waals surface area contributed by atoms with Gasteiger partial charge in [0.15, 0.2) is 11.5 Å². The number of fused-ring (bicyclic) bond motifs is 1. The first-order chi connectivity index (χ1) is 10.3. The van der Waals surface area contributed by atoms with Crippen LogP contribution in [0.15, 0.2) is 22.6 Å². The Morgan fingerprint density at radius 3 is 2.81 bits per heavy atom. The third-order valence-corrected chi connectivity index (χ3v) is 4.31. The van der Waals surface area contributed by atoms with Gasteiger partial charge in [-0.15, -0.1) is 0 Å². The van der Waals surface area contributed by atoms with Gasteiger partial charge in [-0.3, -0.25) is 4.79 Å². The van der Waals surface area contributed by atoms with Gasteiger partial charge in [0.25, 0.3) is 0 Å². The van der Waals surface area contributed by atoms with Crippen molar-refractivity contribution in [2.24, 2.45) is 5.92 Å². The van der Waals surface area contributed by atoms with Crippen LogP contribution in [0.4, 0.5) is 5.69 Å². The molecule has 0 radical (unpaired) electrons. The maximum absolute atomic E-state index is 12.2. The van der Waals surface area contributed by atoms with E-state index in [9.17, 15) is 4.79 Å². The number of carbonyl (C=O) groups is 1. The Hall–Kier alpha value is -1.88. The number of amides is 1. The monoisotopic (exact) mass is 285 g/mol. The van der Waals surface area contributed by atoms with Gasteiger partial charge in [-0.05, 0) is 50.9 Å². The smallest absolute Gasteiger partial charge is 0.227 e. The minimum absolute atomic E-state index is 0.109. The van der Waals surface area contributed by atoms with Gasteiger partial charge < -0.3 is 15.1 Å². The molecule has 1 saturated carbocycles. The predicted molar refractivity (Wildman–Crippen MR) is 80.2 cm³/mol. The second-order valence-corrected chi connectivity index (χ2v) is 6.02. The number of benzene rings is 1. The molecule has 2 heterocycles. The summed E-state index contributed by atoms with van der Waals surface area (Å²) in [5, 5.41) is 6.28. The fraction of sp³-hybridized carbons (Fsp3) is 0.500. The van der Waals surface area contributed by atoms with Crippen LogP contribution in [0.3, 0.4) is 0 Å². The van der Waals surface area contributed by atoms with E-state index in [0.717, 1.165) is 48.6 Å². The van der Waals surface area contributed by atoms with E-state index in [2.05, 4.69) is 15.6 Å². The quantitative estimate of drug-likeness (QED) is 0.909. The van der Waals surface area contributed by atoms with Gasteiger partial charge >= 0.3 is 0 Å². The summed E-state index contributed by atoms with van der Waals surface area (Å²) in [5.74, 6) is 1.56. The van der Waals surface area contributed by atoms with Crippen molar-refractivity contribution in [1.82, 2.24) is 10.3 Å². The van der Waals surface area contributed by atoms with E-state index in [-0.39, 0.29) is 11.8 Å². The maximum Gasteiger partial charge on any atom is 0.227 e. The van der Waals surface area contributed by atoms with Crippen LogP contribution < -0.4 is 10.6 Å². The molecule has 5 nitrogen and oxygen atoms in total. The molecule has 1 aromatic carbocycles. The Labute approximate surface area is 123 Å². The Balaban J connectivity index is 1.51. The normalized spacial score (nSPS) is 19.8. The van der Waals surface area contributed by atoms with Crippen LogP contribution >= 0.6 is 0 Å². The molecule has 0 unspecified atom stereocenters. The highest BCUT2D eigenvalue weighted by atomic mass is 16.3. The molecule has 1 aliphatic heterocycles. The minimum Gasteiger partial charge on any atom is -0.440 e. The second-order valence-electron chi connectivity index (χ2n) is 6.02. The van der Waals surface area contributed by atoms with Gasteiger partial charge in [-0.1, -0.05) is 0 Å². The molecule has 21 heavy (non-hydrogen) atoms. The highest BCUT2D eigenvalue weighted by molar-refractivity contribution is 5.94. The van der Waals surface area contributed by atoms with E-state index >= 15 is 0 Å². The van der Waals surface area contributed by atoms with Crippen LogP contribution in [-0.2, 0) is 4.79 Å². The number of nitrogens with one attached hydrogen (secondary N) is 2. The number of anilines is 1. The van der Waals surface area contributed by atoms with Gasteiger partial charge in [0.1, 0.15) is 5.52 Å². The molecule has 1 saturated heterocycles. The molecule has 0 atom stereocenters. The molecule has 4 rings (SSSR count). The Morgan fingerprint density at radius 2 is 2.05 bits per heavy atom. The molecule has 2 N–H and O–H groups in total. The average molecular weight is 285 g/mol. The van der Waals surface area contributed by atoms with E-state index in [0.29, 0.717) is 5.92 Å². The van der Waals surface area contributed by atoms with Gasteiger partial charge in [-0.25, -0.2) is 4.98 Å². The van der Waals surface area contributed by atoms with Crippen molar-refractivity contribution < 1.29 is 9.21 Å². The molecule has 1 aromatic heterocycles. The van der Waals surface area contributed by atoms with Crippen LogP contribution in [0.25, 0.3) is 11.1 Å². The van der Waals surface area contributed by atoms with Crippen LogP contribution in [0.2, 0.25) is 0 Å². The van der Waals surface area contributed by atoms with Crippen molar-refractivity contribution in [3.05, 3.63) is 24.1 Å². The lowest BCUT2D eigenvalue weighted by Crippen LogP contribution is -2.34. The Morgan fingerprint density at radius 1 is 1.24 bits per heavy atom. The number of rotatable bonds is 3. The summed E-state index contributed by atoms with van der Waals surface area (Å²) in [6.45, 7) is 1.84. The molecule has 1 aliphatic carbocycles. The standard InChI is InChI=1S/C16H19N3O2/c20-15(10-5-7-17-8-6-10)18-12-3-4-13-14(9-12)21-16(19-13)11-1-2-11/h3-4,9-11,17H,1-2,5-8H2,(H,18,20). The van der Waals surface area contributed by atoms with Crippen LogP contribution in [0, 0.1) is 5.92 Å². The molecule has 0 spiro atoms. The summed E-state index contributed by atoms with van der Waals surface area (Å²) in [6, 6.07) is 5.70. The predicted octanol–water partition coefficient (Wildman–Crippen LogP) is 2.64. The zero-order valence-electron chi connectivity index (χ0n) is 11.9. The molecule has 0 bridgehead atoms. The lowest BCUT2D eigenvalue weighted by Gasteiger charge is -2.21. The van der Waals surface area contributed by atoms with E-state index in [1.165, 1.54) is 12.8 Å². The van der Waals surface area contributed by atoms with Crippen molar-refractivity contribution in [3.63, 3.8) is 0 Å². The number of nitrogens with zero attached hydrogens (tertiary/aromatic N) is 1. The number of piperidine rings is 1. The molecule has 2 aliphatic rings. The van der Waals surface area contributed by atoms with E-state index in [1.54, 1.807) is 0 Å². The zero-order chi connectivity index (χ0) is 14.2. The van der Waals surface area contributed by atoms with E-state index in [1.807, 2.05) is 18.2 Å². The minimum atomic E-state index is 0.109. The van der Waals surface area contributed by atoms with Gasteiger partial charge in [0.05, 0.1) is 0 Å². The van der Waals surface area contributed by atoms with Crippen LogP contribution in [0.5, 0.6) is 0 Å². The average Bonchev–Trinajstić information content (AvgIpc) is 3.28. The molecule has 1 amide bonds. The van der Waals surface area contributed by atoms with E-state index < -0.39 is 0 Å². The van der Waals surface area contributed by atoms with Crippen LogP contribution in [0.1, 0.15) is 37.5 Å². The van der Waals surface area contributed by atoms with Crippen molar-refractivity contribution in [2.75, 3.05) is 18.4 Å². The summed E-state index contributed by atoms with van der Waals surface area (Å²) < 4.78 is 5.79. The highest BCUT2D eigenvalue weighted by Crippen LogP contribution is 2.40. The number of aromatic nitrogens is 1. The lowest BCUT2D eigenvalue weighted by atomic mass is 9.97. The summed E-state index contributed by atoms with van der Waals surface area (Å²) in [7, 11) is 0. The SMILES string of the molecule is O=C(Nc1ccc2nc(C3CC3)oc2c1)C1CCNCC1.